The molecule has 0 atom stereocenters. The summed E-state index contributed by atoms with van der Waals surface area (Å²) in [6.45, 7) is 3.60. The molecule has 3 amide bonds. The standard InChI is InChI=1S/C18H20N2O5S/c1-12-3-4-13(9-14(12)24-2)10-15-17(22)20(18(23)26-15)11-16(21)19-5-7-25-8-6-19/h3-4,9-10H,5-8,11H2,1-2H3. The van der Waals surface area contributed by atoms with Crippen LogP contribution < -0.4 is 4.74 Å². The number of hydrogen-bond donors (Lipinski definition) is 0. The van der Waals surface area contributed by atoms with Gasteiger partial charge < -0.3 is 14.4 Å². The maximum atomic E-state index is 12.5. The lowest BCUT2D eigenvalue weighted by atomic mass is 10.1. The lowest BCUT2D eigenvalue weighted by molar-refractivity contribution is -0.139. The topological polar surface area (TPSA) is 76.2 Å². The van der Waals surface area contributed by atoms with Crippen LogP contribution in [0.1, 0.15) is 11.1 Å². The molecule has 138 valence electrons. The number of carbonyl (C=O) groups is 3. The van der Waals surface area contributed by atoms with Crippen molar-refractivity contribution in [1.29, 1.82) is 0 Å². The van der Waals surface area contributed by atoms with E-state index in [-0.39, 0.29) is 12.5 Å². The summed E-state index contributed by atoms with van der Waals surface area (Å²) in [6, 6.07) is 5.55. The zero-order valence-corrected chi connectivity index (χ0v) is 15.5. The molecule has 2 fully saturated rings. The molecule has 0 aliphatic carbocycles. The fourth-order valence-electron chi connectivity index (χ4n) is 2.76. The molecule has 3 rings (SSSR count). The van der Waals surface area contributed by atoms with Gasteiger partial charge in [0.05, 0.1) is 25.2 Å². The molecule has 2 saturated heterocycles. The number of imide groups is 1. The summed E-state index contributed by atoms with van der Waals surface area (Å²) in [5, 5.41) is -0.429. The maximum absolute atomic E-state index is 12.5. The summed E-state index contributed by atoms with van der Waals surface area (Å²) in [5.41, 5.74) is 1.74. The lowest BCUT2D eigenvalue weighted by Gasteiger charge is -2.28. The molecule has 0 N–H and O–H groups in total. The molecule has 2 aliphatic heterocycles. The molecule has 2 heterocycles. The van der Waals surface area contributed by atoms with E-state index in [2.05, 4.69) is 0 Å². The summed E-state index contributed by atoms with van der Waals surface area (Å²) in [7, 11) is 1.58. The largest absolute Gasteiger partial charge is 0.496 e. The average Bonchev–Trinajstić information content (AvgIpc) is 2.91. The van der Waals surface area contributed by atoms with Crippen LogP contribution in [0.2, 0.25) is 0 Å². The van der Waals surface area contributed by atoms with Crippen molar-refractivity contribution in [1.82, 2.24) is 9.80 Å². The summed E-state index contributed by atoms with van der Waals surface area (Å²) in [5.74, 6) is 0.0236. The Hall–Kier alpha value is -2.32. The Morgan fingerprint density at radius 1 is 1.31 bits per heavy atom. The van der Waals surface area contributed by atoms with Crippen molar-refractivity contribution >= 4 is 34.9 Å². The van der Waals surface area contributed by atoms with Crippen LogP contribution in [0.25, 0.3) is 6.08 Å². The van der Waals surface area contributed by atoms with E-state index < -0.39 is 11.1 Å². The van der Waals surface area contributed by atoms with Crippen molar-refractivity contribution in [2.45, 2.75) is 6.92 Å². The Kier molecular flexibility index (Phi) is 5.63. The second-order valence-electron chi connectivity index (χ2n) is 5.99. The number of morpholine rings is 1. The monoisotopic (exact) mass is 376 g/mol. The minimum Gasteiger partial charge on any atom is -0.496 e. The van der Waals surface area contributed by atoms with E-state index in [1.54, 1.807) is 18.1 Å². The zero-order chi connectivity index (χ0) is 18.7. The molecule has 0 radical (unpaired) electrons. The number of thioether (sulfide) groups is 1. The van der Waals surface area contributed by atoms with Gasteiger partial charge in [0.2, 0.25) is 5.91 Å². The number of amides is 3. The van der Waals surface area contributed by atoms with E-state index in [0.717, 1.165) is 27.8 Å². The first-order valence-corrected chi connectivity index (χ1v) is 9.07. The van der Waals surface area contributed by atoms with E-state index >= 15 is 0 Å². The molecule has 0 unspecified atom stereocenters. The average molecular weight is 376 g/mol. The van der Waals surface area contributed by atoms with Crippen molar-refractivity contribution in [3.63, 3.8) is 0 Å². The first kappa shape index (κ1) is 18.5. The molecule has 0 bridgehead atoms. The van der Waals surface area contributed by atoms with E-state index in [0.29, 0.717) is 37.0 Å². The third kappa shape index (κ3) is 3.91. The Balaban J connectivity index is 1.73. The van der Waals surface area contributed by atoms with Crippen molar-refractivity contribution in [3.8, 4) is 5.75 Å². The minimum absolute atomic E-state index is 0.237. The Morgan fingerprint density at radius 2 is 2.04 bits per heavy atom. The van der Waals surface area contributed by atoms with Crippen LogP contribution in [-0.4, -0.2) is 66.8 Å². The van der Waals surface area contributed by atoms with Gasteiger partial charge in [-0.1, -0.05) is 12.1 Å². The van der Waals surface area contributed by atoms with Crippen LogP contribution in [0, 0.1) is 6.92 Å². The summed E-state index contributed by atoms with van der Waals surface area (Å²) < 4.78 is 10.5. The third-order valence-corrected chi connectivity index (χ3v) is 5.17. The predicted octanol–water partition coefficient (Wildman–Crippen LogP) is 1.90. The van der Waals surface area contributed by atoms with Gasteiger partial charge in [-0.15, -0.1) is 0 Å². The smallest absolute Gasteiger partial charge is 0.294 e. The van der Waals surface area contributed by atoms with Crippen LogP contribution in [0.5, 0.6) is 5.75 Å². The predicted molar refractivity (Wildman–Crippen MR) is 97.8 cm³/mol. The molecule has 1 aromatic carbocycles. The van der Waals surface area contributed by atoms with E-state index in [9.17, 15) is 14.4 Å². The molecule has 26 heavy (non-hydrogen) atoms. The van der Waals surface area contributed by atoms with E-state index in [1.165, 1.54) is 0 Å². The quantitative estimate of drug-likeness (QED) is 0.747. The van der Waals surface area contributed by atoms with Crippen molar-refractivity contribution in [2.24, 2.45) is 0 Å². The van der Waals surface area contributed by atoms with E-state index in [1.807, 2.05) is 25.1 Å². The van der Waals surface area contributed by atoms with Crippen LogP contribution in [-0.2, 0) is 14.3 Å². The van der Waals surface area contributed by atoms with Gasteiger partial charge in [-0.25, -0.2) is 0 Å². The normalized spacial score (nSPS) is 19.4. The van der Waals surface area contributed by atoms with E-state index in [4.69, 9.17) is 9.47 Å². The molecule has 0 saturated carbocycles. The molecular formula is C18H20N2O5S. The summed E-state index contributed by atoms with van der Waals surface area (Å²) in [4.78, 5) is 40.0. The summed E-state index contributed by atoms with van der Waals surface area (Å²) >= 11 is 0.845. The number of benzene rings is 1. The number of aryl methyl sites for hydroxylation is 1. The van der Waals surface area contributed by atoms with Gasteiger partial charge in [-0.3, -0.25) is 19.3 Å². The van der Waals surface area contributed by atoms with Crippen molar-refractivity contribution in [3.05, 3.63) is 34.2 Å². The van der Waals surface area contributed by atoms with Gasteiger partial charge in [0.25, 0.3) is 11.1 Å². The summed E-state index contributed by atoms with van der Waals surface area (Å²) in [6.07, 6.45) is 1.64. The highest BCUT2D eigenvalue weighted by Crippen LogP contribution is 2.33. The lowest BCUT2D eigenvalue weighted by Crippen LogP contribution is -2.46. The van der Waals surface area contributed by atoms with Gasteiger partial charge >= 0.3 is 0 Å². The van der Waals surface area contributed by atoms with Crippen molar-refractivity contribution in [2.75, 3.05) is 40.0 Å². The van der Waals surface area contributed by atoms with Gasteiger partial charge in [0.1, 0.15) is 12.3 Å². The van der Waals surface area contributed by atoms with Crippen LogP contribution in [0.15, 0.2) is 23.1 Å². The van der Waals surface area contributed by atoms with Gasteiger partial charge in [0, 0.05) is 13.1 Å². The molecule has 7 nitrogen and oxygen atoms in total. The number of carbonyl (C=O) groups excluding carboxylic acids is 3. The van der Waals surface area contributed by atoms with Crippen LogP contribution in [0.4, 0.5) is 4.79 Å². The van der Waals surface area contributed by atoms with Gasteiger partial charge in [-0.05, 0) is 42.0 Å². The second-order valence-corrected chi connectivity index (χ2v) is 6.98. The fraction of sp³-hybridized carbons (Fsp3) is 0.389. The highest BCUT2D eigenvalue weighted by Gasteiger charge is 2.37. The van der Waals surface area contributed by atoms with Crippen LogP contribution >= 0.6 is 11.8 Å². The maximum Gasteiger partial charge on any atom is 0.294 e. The molecule has 0 aromatic heterocycles. The molecular weight excluding hydrogens is 356 g/mol. The Morgan fingerprint density at radius 3 is 2.73 bits per heavy atom. The highest BCUT2D eigenvalue weighted by molar-refractivity contribution is 8.18. The first-order chi connectivity index (χ1) is 12.5. The minimum atomic E-state index is -0.443. The van der Waals surface area contributed by atoms with Gasteiger partial charge in [-0.2, -0.15) is 0 Å². The number of ether oxygens (including phenoxy) is 2. The molecule has 8 heteroatoms. The number of hydrogen-bond acceptors (Lipinski definition) is 6. The molecule has 2 aliphatic rings. The SMILES string of the molecule is COc1cc(C=C2SC(=O)N(CC(=O)N3CCOCC3)C2=O)ccc1C. The number of nitrogens with zero attached hydrogens (tertiary/aromatic N) is 2. The molecule has 0 spiro atoms. The Labute approximate surface area is 155 Å². The fourth-order valence-corrected chi connectivity index (χ4v) is 3.60. The number of methoxy groups -OCH3 is 1. The molecule has 1 aromatic rings. The zero-order valence-electron chi connectivity index (χ0n) is 14.7. The van der Waals surface area contributed by atoms with Crippen molar-refractivity contribution < 1.29 is 23.9 Å². The van der Waals surface area contributed by atoms with Gasteiger partial charge in [0.15, 0.2) is 0 Å². The third-order valence-electron chi connectivity index (χ3n) is 4.26. The second kappa shape index (κ2) is 7.92. The highest BCUT2D eigenvalue weighted by atomic mass is 32.2. The number of rotatable bonds is 4. The first-order valence-electron chi connectivity index (χ1n) is 8.25. The Bertz CT molecular complexity index is 771. The van der Waals surface area contributed by atoms with Crippen LogP contribution in [0.3, 0.4) is 0 Å².